The van der Waals surface area contributed by atoms with Gasteiger partial charge in [-0.1, -0.05) is 36.4 Å². The van der Waals surface area contributed by atoms with Gasteiger partial charge in [0.2, 0.25) is 5.91 Å². The molecule has 1 aliphatic rings. The maximum Gasteiger partial charge on any atom is 0.227 e. The molecule has 1 N–H and O–H groups in total. The summed E-state index contributed by atoms with van der Waals surface area (Å²) in [6.07, 6.45) is 4.57. The second-order valence-electron chi connectivity index (χ2n) is 7.01. The first-order valence-electron chi connectivity index (χ1n) is 9.30. The van der Waals surface area contributed by atoms with Crippen molar-refractivity contribution < 1.29 is 9.53 Å². The van der Waals surface area contributed by atoms with Crippen LogP contribution in [0.2, 0.25) is 0 Å². The van der Waals surface area contributed by atoms with Crippen LogP contribution in [-0.4, -0.2) is 35.5 Å². The van der Waals surface area contributed by atoms with Crippen LogP contribution in [0.25, 0.3) is 10.9 Å². The third kappa shape index (κ3) is 3.74. The van der Waals surface area contributed by atoms with E-state index >= 15 is 0 Å². The van der Waals surface area contributed by atoms with Gasteiger partial charge in [-0.25, -0.2) is 0 Å². The number of benzene rings is 2. The molecule has 1 aromatic heterocycles. The van der Waals surface area contributed by atoms with Gasteiger partial charge in [-0.3, -0.25) is 4.79 Å². The molecule has 134 valence electrons. The number of rotatable bonds is 5. The van der Waals surface area contributed by atoms with Gasteiger partial charge in [-0.15, -0.1) is 0 Å². The number of likely N-dealkylation sites (tertiary alicyclic amines) is 1. The average molecular weight is 348 g/mol. The molecule has 1 saturated heterocycles. The summed E-state index contributed by atoms with van der Waals surface area (Å²) in [6.45, 7) is 2.30. The molecule has 4 rings (SSSR count). The minimum Gasteiger partial charge on any atom is -0.493 e. The number of amides is 1. The quantitative estimate of drug-likeness (QED) is 0.757. The highest BCUT2D eigenvalue weighted by molar-refractivity contribution is 5.88. The van der Waals surface area contributed by atoms with Crippen molar-refractivity contribution in [1.29, 1.82) is 0 Å². The summed E-state index contributed by atoms with van der Waals surface area (Å²) in [5, 5.41) is 1.14. The number of hydrogen-bond donors (Lipinski definition) is 1. The first kappa shape index (κ1) is 16.7. The smallest absolute Gasteiger partial charge is 0.227 e. The highest BCUT2D eigenvalue weighted by atomic mass is 16.5. The highest BCUT2D eigenvalue weighted by Crippen LogP contribution is 2.22. The number of carbonyl (C=O) groups excluding carboxylic acids is 1. The number of H-pyrrole nitrogens is 1. The second kappa shape index (κ2) is 7.65. The summed E-state index contributed by atoms with van der Waals surface area (Å²) in [4.78, 5) is 18.1. The van der Waals surface area contributed by atoms with E-state index in [0.29, 0.717) is 18.9 Å². The summed E-state index contributed by atoms with van der Waals surface area (Å²) < 4.78 is 5.89. The van der Waals surface area contributed by atoms with Gasteiger partial charge in [0.15, 0.2) is 0 Å². The van der Waals surface area contributed by atoms with Crippen LogP contribution in [0.5, 0.6) is 5.75 Å². The van der Waals surface area contributed by atoms with Crippen LogP contribution in [-0.2, 0) is 11.2 Å². The molecule has 4 heteroatoms. The Labute approximate surface area is 153 Å². The molecule has 0 spiro atoms. The third-order valence-electron chi connectivity index (χ3n) is 5.12. The minimum atomic E-state index is 0.208. The van der Waals surface area contributed by atoms with Gasteiger partial charge >= 0.3 is 0 Å². The van der Waals surface area contributed by atoms with Crippen molar-refractivity contribution in [2.45, 2.75) is 19.3 Å². The van der Waals surface area contributed by atoms with Crippen molar-refractivity contribution in [2.75, 3.05) is 19.7 Å². The van der Waals surface area contributed by atoms with Crippen LogP contribution in [0, 0.1) is 5.92 Å². The molecule has 1 aliphatic heterocycles. The van der Waals surface area contributed by atoms with Gasteiger partial charge in [-0.05, 0) is 36.6 Å². The largest absolute Gasteiger partial charge is 0.493 e. The number of piperidine rings is 1. The van der Waals surface area contributed by atoms with Crippen molar-refractivity contribution in [2.24, 2.45) is 5.92 Å². The van der Waals surface area contributed by atoms with Crippen LogP contribution < -0.4 is 4.74 Å². The van der Waals surface area contributed by atoms with Crippen LogP contribution in [0.1, 0.15) is 18.4 Å². The lowest BCUT2D eigenvalue weighted by atomic mass is 9.98. The first-order valence-corrected chi connectivity index (χ1v) is 9.30. The van der Waals surface area contributed by atoms with E-state index in [2.05, 4.69) is 11.1 Å². The van der Waals surface area contributed by atoms with Crippen LogP contribution in [0.15, 0.2) is 60.8 Å². The minimum absolute atomic E-state index is 0.208. The van der Waals surface area contributed by atoms with Gasteiger partial charge in [-0.2, -0.15) is 0 Å². The van der Waals surface area contributed by atoms with E-state index in [0.717, 1.165) is 48.1 Å². The fourth-order valence-electron chi connectivity index (χ4n) is 3.71. The van der Waals surface area contributed by atoms with Crippen molar-refractivity contribution in [3.63, 3.8) is 0 Å². The molecule has 3 aromatic rings. The van der Waals surface area contributed by atoms with Crippen molar-refractivity contribution in [3.05, 3.63) is 66.4 Å². The molecule has 0 radical (unpaired) electrons. The number of nitrogens with one attached hydrogen (secondary N) is 1. The zero-order valence-electron chi connectivity index (χ0n) is 14.9. The molecule has 0 saturated carbocycles. The number of nitrogens with zero attached hydrogens (tertiary/aromatic N) is 1. The van der Waals surface area contributed by atoms with Gasteiger partial charge in [0.1, 0.15) is 5.75 Å². The number of fused-ring (bicyclic) bond motifs is 1. The predicted octanol–water partition coefficient (Wildman–Crippen LogP) is 4.03. The molecule has 1 atom stereocenters. The molecular weight excluding hydrogens is 324 g/mol. The van der Waals surface area contributed by atoms with E-state index in [1.54, 1.807) is 0 Å². The number of ether oxygens (including phenoxy) is 1. The fraction of sp³-hybridized carbons (Fsp3) is 0.318. The lowest BCUT2D eigenvalue weighted by Crippen LogP contribution is -2.42. The predicted molar refractivity (Wildman–Crippen MR) is 103 cm³/mol. The van der Waals surface area contributed by atoms with Gasteiger partial charge in [0, 0.05) is 36.1 Å². The number of hydrogen-bond acceptors (Lipinski definition) is 2. The van der Waals surface area contributed by atoms with Crippen molar-refractivity contribution in [3.8, 4) is 5.75 Å². The Bertz CT molecular complexity index is 872. The van der Waals surface area contributed by atoms with Crippen LogP contribution in [0.3, 0.4) is 0 Å². The number of carbonyl (C=O) groups is 1. The second-order valence-corrected chi connectivity index (χ2v) is 7.01. The summed E-state index contributed by atoms with van der Waals surface area (Å²) >= 11 is 0. The molecule has 1 unspecified atom stereocenters. The monoisotopic (exact) mass is 348 g/mol. The number of para-hydroxylation sites is 2. The lowest BCUT2D eigenvalue weighted by Gasteiger charge is -2.32. The van der Waals surface area contributed by atoms with Gasteiger partial charge in [0.05, 0.1) is 13.0 Å². The maximum absolute atomic E-state index is 12.8. The standard InChI is InChI=1S/C22H24N2O2/c25-22(13-18-14-23-21-11-5-4-10-20(18)21)24-12-6-7-17(15-24)16-26-19-8-2-1-3-9-19/h1-5,8-11,14,17,23H,6-7,12-13,15-16H2. The van der Waals surface area contributed by atoms with E-state index in [1.807, 2.05) is 59.6 Å². The SMILES string of the molecule is O=C(Cc1c[nH]c2ccccc12)N1CCCC(COc2ccccc2)C1. The Morgan fingerprint density at radius 2 is 1.92 bits per heavy atom. The highest BCUT2D eigenvalue weighted by Gasteiger charge is 2.24. The topological polar surface area (TPSA) is 45.3 Å². The average Bonchev–Trinajstić information content (AvgIpc) is 3.10. The number of aromatic amines is 1. The molecule has 2 aromatic carbocycles. The first-order chi connectivity index (χ1) is 12.8. The molecular formula is C22H24N2O2. The Morgan fingerprint density at radius 1 is 1.12 bits per heavy atom. The van der Waals surface area contributed by atoms with Gasteiger partial charge < -0.3 is 14.6 Å². The Balaban J connectivity index is 1.35. The van der Waals surface area contributed by atoms with E-state index in [9.17, 15) is 4.79 Å². The lowest BCUT2D eigenvalue weighted by molar-refractivity contribution is -0.132. The molecule has 1 fully saturated rings. The molecule has 4 nitrogen and oxygen atoms in total. The summed E-state index contributed by atoms with van der Waals surface area (Å²) in [5.41, 5.74) is 2.16. The Morgan fingerprint density at radius 3 is 2.81 bits per heavy atom. The fourth-order valence-corrected chi connectivity index (χ4v) is 3.71. The molecule has 0 aliphatic carbocycles. The molecule has 1 amide bonds. The summed E-state index contributed by atoms with van der Waals surface area (Å²) in [6, 6.07) is 18.0. The van der Waals surface area contributed by atoms with E-state index in [4.69, 9.17) is 4.74 Å². The summed E-state index contributed by atoms with van der Waals surface area (Å²) in [5.74, 6) is 1.50. The van der Waals surface area contributed by atoms with Crippen LogP contribution in [0.4, 0.5) is 0 Å². The number of aromatic nitrogens is 1. The van der Waals surface area contributed by atoms with Crippen molar-refractivity contribution >= 4 is 16.8 Å². The molecule has 2 heterocycles. The Hall–Kier alpha value is -2.75. The molecule has 0 bridgehead atoms. The summed E-state index contributed by atoms with van der Waals surface area (Å²) in [7, 11) is 0. The van der Waals surface area contributed by atoms with Crippen LogP contribution >= 0.6 is 0 Å². The zero-order chi connectivity index (χ0) is 17.8. The Kier molecular flexibility index (Phi) is 4.91. The third-order valence-corrected chi connectivity index (χ3v) is 5.12. The molecule has 26 heavy (non-hydrogen) atoms. The maximum atomic E-state index is 12.8. The van der Waals surface area contributed by atoms with Gasteiger partial charge in [0.25, 0.3) is 0 Å². The van der Waals surface area contributed by atoms with E-state index in [1.165, 1.54) is 0 Å². The van der Waals surface area contributed by atoms with Crippen molar-refractivity contribution in [1.82, 2.24) is 9.88 Å². The van der Waals surface area contributed by atoms with E-state index < -0.39 is 0 Å². The van der Waals surface area contributed by atoms with E-state index in [-0.39, 0.29) is 5.91 Å². The zero-order valence-corrected chi connectivity index (χ0v) is 14.9. The normalized spacial score (nSPS) is 17.4.